The predicted molar refractivity (Wildman–Crippen MR) is 76.4 cm³/mol. The maximum Gasteiger partial charge on any atom is 0.234 e. The van der Waals surface area contributed by atoms with Gasteiger partial charge in [0.2, 0.25) is 11.8 Å². The van der Waals surface area contributed by atoms with Gasteiger partial charge in [0.15, 0.2) is 0 Å². The Labute approximate surface area is 116 Å². The zero-order valence-corrected chi connectivity index (χ0v) is 11.4. The molecule has 0 radical (unpaired) electrons. The van der Waals surface area contributed by atoms with Crippen LogP contribution in [0.2, 0.25) is 0 Å². The van der Waals surface area contributed by atoms with Gasteiger partial charge in [-0.2, -0.15) is 12.6 Å². The minimum Gasteiger partial charge on any atom is -0.338 e. The van der Waals surface area contributed by atoms with Crippen LogP contribution in [0.4, 0.5) is 5.88 Å². The van der Waals surface area contributed by atoms with Crippen molar-refractivity contribution >= 4 is 24.4 Å². The van der Waals surface area contributed by atoms with Crippen LogP contribution in [0.5, 0.6) is 0 Å². The smallest absolute Gasteiger partial charge is 0.234 e. The third kappa shape index (κ3) is 2.38. The molecule has 2 heterocycles. The van der Waals surface area contributed by atoms with Crippen molar-refractivity contribution in [2.45, 2.75) is 18.6 Å². The summed E-state index contributed by atoms with van der Waals surface area (Å²) in [6.07, 6.45) is 0.448. The fourth-order valence-electron chi connectivity index (χ4n) is 2.15. The van der Waals surface area contributed by atoms with Crippen LogP contribution >= 0.6 is 12.6 Å². The molecule has 0 N–H and O–H groups in total. The highest BCUT2D eigenvalue weighted by atomic mass is 32.1. The van der Waals surface area contributed by atoms with Crippen molar-refractivity contribution in [1.29, 1.82) is 0 Å². The lowest BCUT2D eigenvalue weighted by Gasteiger charge is -2.09. The van der Waals surface area contributed by atoms with Crippen LogP contribution in [0, 0.1) is 6.92 Å². The van der Waals surface area contributed by atoms with Gasteiger partial charge in [0.1, 0.15) is 5.69 Å². The van der Waals surface area contributed by atoms with Crippen LogP contribution in [0.1, 0.15) is 12.0 Å². The summed E-state index contributed by atoms with van der Waals surface area (Å²) in [6.45, 7) is 2.61. The van der Waals surface area contributed by atoms with Crippen LogP contribution in [0.15, 0.2) is 34.9 Å². The topological polar surface area (TPSA) is 46.3 Å². The summed E-state index contributed by atoms with van der Waals surface area (Å²) in [5.74, 6) is 0.531. The van der Waals surface area contributed by atoms with Crippen molar-refractivity contribution < 1.29 is 9.32 Å². The third-order valence-electron chi connectivity index (χ3n) is 3.22. The summed E-state index contributed by atoms with van der Waals surface area (Å²) in [5.41, 5.74) is 2.92. The van der Waals surface area contributed by atoms with Crippen molar-refractivity contribution in [2.75, 3.05) is 11.4 Å². The Morgan fingerprint density at radius 2 is 2.11 bits per heavy atom. The van der Waals surface area contributed by atoms with Gasteiger partial charge in [-0.3, -0.25) is 9.69 Å². The molecule has 1 saturated heterocycles. The van der Waals surface area contributed by atoms with E-state index in [1.54, 1.807) is 11.0 Å². The maximum atomic E-state index is 11.8. The first-order valence-corrected chi connectivity index (χ1v) is 6.67. The Bertz CT molecular complexity index is 606. The number of carbonyl (C=O) groups is 1. The van der Waals surface area contributed by atoms with E-state index in [1.165, 1.54) is 5.56 Å². The number of aryl methyl sites for hydroxylation is 1. The number of hydrogen-bond acceptors (Lipinski definition) is 4. The fraction of sp³-hybridized carbons (Fsp3) is 0.286. The van der Waals surface area contributed by atoms with E-state index in [2.05, 4.69) is 17.8 Å². The molecular weight excluding hydrogens is 260 g/mol. The molecule has 1 fully saturated rings. The molecule has 5 heteroatoms. The molecule has 1 aliphatic rings. The molecule has 1 atom stereocenters. The molecule has 1 amide bonds. The summed E-state index contributed by atoms with van der Waals surface area (Å²) in [4.78, 5) is 13.4. The Morgan fingerprint density at radius 1 is 1.37 bits per heavy atom. The molecule has 4 nitrogen and oxygen atoms in total. The Hall–Kier alpha value is -1.75. The number of hydrogen-bond donors (Lipinski definition) is 1. The molecule has 0 aliphatic carbocycles. The number of nitrogens with zero attached hydrogens (tertiary/aromatic N) is 2. The maximum absolute atomic E-state index is 11.8. The number of amides is 1. The van der Waals surface area contributed by atoms with Gasteiger partial charge in [0.05, 0.1) is 0 Å². The first-order chi connectivity index (χ1) is 9.13. The fourth-order valence-corrected chi connectivity index (χ4v) is 2.47. The van der Waals surface area contributed by atoms with Crippen LogP contribution in [0.25, 0.3) is 11.3 Å². The number of thiol groups is 1. The Balaban J connectivity index is 1.87. The van der Waals surface area contributed by atoms with Crippen LogP contribution in [-0.4, -0.2) is 22.9 Å². The first-order valence-electron chi connectivity index (χ1n) is 6.15. The lowest BCUT2D eigenvalue weighted by Crippen LogP contribution is -2.23. The van der Waals surface area contributed by atoms with E-state index in [-0.39, 0.29) is 11.2 Å². The summed E-state index contributed by atoms with van der Waals surface area (Å²) >= 11 is 4.32. The van der Waals surface area contributed by atoms with Gasteiger partial charge in [-0.15, -0.1) is 0 Å². The number of rotatable bonds is 2. The number of anilines is 1. The van der Waals surface area contributed by atoms with E-state index in [1.807, 2.05) is 31.2 Å². The first kappa shape index (κ1) is 12.3. The largest absolute Gasteiger partial charge is 0.338 e. The summed E-state index contributed by atoms with van der Waals surface area (Å²) in [5, 5.41) is 4.10. The SMILES string of the molecule is Cc1ccc(-c2cc(N3CC(S)CC3=O)on2)cc1. The van der Waals surface area contributed by atoms with Crippen LogP contribution in [-0.2, 0) is 4.79 Å². The van der Waals surface area contributed by atoms with E-state index in [0.717, 1.165) is 11.3 Å². The van der Waals surface area contributed by atoms with Gasteiger partial charge in [-0.1, -0.05) is 35.0 Å². The summed E-state index contributed by atoms with van der Waals surface area (Å²) in [6, 6.07) is 9.83. The van der Waals surface area contributed by atoms with Crippen molar-refractivity contribution in [3.8, 4) is 11.3 Å². The molecule has 1 unspecified atom stereocenters. The van der Waals surface area contributed by atoms with E-state index >= 15 is 0 Å². The number of aromatic nitrogens is 1. The molecule has 1 aromatic carbocycles. The lowest BCUT2D eigenvalue weighted by molar-refractivity contribution is -0.117. The average Bonchev–Trinajstić information content (AvgIpc) is 2.97. The minimum absolute atomic E-state index is 0.0339. The molecule has 98 valence electrons. The molecule has 1 aromatic heterocycles. The minimum atomic E-state index is 0.0339. The van der Waals surface area contributed by atoms with E-state index in [9.17, 15) is 4.79 Å². The molecule has 1 aliphatic heterocycles. The number of benzene rings is 1. The molecule has 0 bridgehead atoms. The second kappa shape index (κ2) is 4.74. The Kier molecular flexibility index (Phi) is 3.06. The van der Waals surface area contributed by atoms with Crippen molar-refractivity contribution in [3.63, 3.8) is 0 Å². The third-order valence-corrected chi connectivity index (χ3v) is 3.56. The standard InChI is InChI=1S/C14H14N2O2S/c1-9-2-4-10(5-3-9)12-7-14(18-15-12)16-8-11(19)6-13(16)17/h2-5,7,11,19H,6,8H2,1H3. The van der Waals surface area contributed by atoms with Gasteiger partial charge in [-0.25, -0.2) is 0 Å². The number of carbonyl (C=O) groups excluding carboxylic acids is 1. The molecule has 3 rings (SSSR count). The van der Waals surface area contributed by atoms with Gasteiger partial charge in [-0.05, 0) is 6.92 Å². The van der Waals surface area contributed by atoms with Crippen LogP contribution in [0.3, 0.4) is 0 Å². The summed E-state index contributed by atoms with van der Waals surface area (Å²) in [7, 11) is 0. The molecule has 19 heavy (non-hydrogen) atoms. The lowest BCUT2D eigenvalue weighted by atomic mass is 10.1. The monoisotopic (exact) mass is 274 g/mol. The van der Waals surface area contributed by atoms with E-state index in [4.69, 9.17) is 4.52 Å². The zero-order chi connectivity index (χ0) is 13.4. The van der Waals surface area contributed by atoms with Crippen molar-refractivity contribution in [1.82, 2.24) is 5.16 Å². The predicted octanol–water partition coefficient (Wildman–Crippen LogP) is 2.69. The van der Waals surface area contributed by atoms with Gasteiger partial charge >= 0.3 is 0 Å². The second-order valence-corrected chi connectivity index (χ2v) is 5.51. The van der Waals surface area contributed by atoms with Gasteiger partial charge in [0.25, 0.3) is 0 Å². The quantitative estimate of drug-likeness (QED) is 0.856. The highest BCUT2D eigenvalue weighted by molar-refractivity contribution is 7.81. The molecule has 2 aromatic rings. The zero-order valence-electron chi connectivity index (χ0n) is 10.5. The van der Waals surface area contributed by atoms with Gasteiger partial charge < -0.3 is 4.52 Å². The molecule has 0 spiro atoms. The van der Waals surface area contributed by atoms with E-state index in [0.29, 0.717) is 18.8 Å². The normalized spacial score (nSPS) is 19.2. The molecular formula is C14H14N2O2S. The van der Waals surface area contributed by atoms with Crippen LogP contribution < -0.4 is 4.90 Å². The van der Waals surface area contributed by atoms with Crippen molar-refractivity contribution in [2.24, 2.45) is 0 Å². The van der Waals surface area contributed by atoms with Crippen molar-refractivity contribution in [3.05, 3.63) is 35.9 Å². The molecule has 0 saturated carbocycles. The average molecular weight is 274 g/mol. The van der Waals surface area contributed by atoms with Gasteiger partial charge in [0, 0.05) is 29.8 Å². The highest BCUT2D eigenvalue weighted by Gasteiger charge is 2.30. The Morgan fingerprint density at radius 3 is 2.74 bits per heavy atom. The second-order valence-electron chi connectivity index (χ2n) is 4.78. The van der Waals surface area contributed by atoms with E-state index < -0.39 is 0 Å². The highest BCUT2D eigenvalue weighted by Crippen LogP contribution is 2.28. The summed E-state index contributed by atoms with van der Waals surface area (Å²) < 4.78 is 5.27.